The summed E-state index contributed by atoms with van der Waals surface area (Å²) >= 11 is 3.30. The van der Waals surface area contributed by atoms with Crippen LogP contribution in [0.4, 0.5) is 10.6 Å². The SMILES string of the molecule is O=C(Nc1ccc(Br)cn1)NC1CCCCC1. The first kappa shape index (κ1) is 12.4. The number of anilines is 1. The van der Waals surface area contributed by atoms with Crippen molar-refractivity contribution in [3.8, 4) is 0 Å². The van der Waals surface area contributed by atoms with Crippen molar-refractivity contribution in [2.45, 2.75) is 38.1 Å². The molecule has 0 unspecified atom stereocenters. The van der Waals surface area contributed by atoms with Crippen molar-refractivity contribution in [1.82, 2.24) is 10.3 Å². The van der Waals surface area contributed by atoms with E-state index in [1.54, 1.807) is 12.3 Å². The summed E-state index contributed by atoms with van der Waals surface area (Å²) in [6.07, 6.45) is 7.54. The zero-order chi connectivity index (χ0) is 12.1. The van der Waals surface area contributed by atoms with Crippen molar-refractivity contribution >= 4 is 27.8 Å². The second-order valence-electron chi connectivity index (χ2n) is 4.30. The topological polar surface area (TPSA) is 54.0 Å². The first-order valence-electron chi connectivity index (χ1n) is 5.93. The average Bonchev–Trinajstić information content (AvgIpc) is 2.33. The van der Waals surface area contributed by atoms with E-state index in [1.807, 2.05) is 6.07 Å². The molecule has 17 heavy (non-hydrogen) atoms. The zero-order valence-corrected chi connectivity index (χ0v) is 11.2. The molecule has 5 heteroatoms. The largest absolute Gasteiger partial charge is 0.335 e. The monoisotopic (exact) mass is 297 g/mol. The van der Waals surface area contributed by atoms with E-state index >= 15 is 0 Å². The van der Waals surface area contributed by atoms with Gasteiger partial charge in [0.1, 0.15) is 5.82 Å². The Balaban J connectivity index is 1.82. The number of carbonyl (C=O) groups is 1. The lowest BCUT2D eigenvalue weighted by atomic mass is 9.96. The molecular weight excluding hydrogens is 282 g/mol. The molecule has 2 rings (SSSR count). The van der Waals surface area contributed by atoms with Gasteiger partial charge >= 0.3 is 6.03 Å². The molecule has 0 saturated heterocycles. The number of nitrogens with one attached hydrogen (secondary N) is 2. The van der Waals surface area contributed by atoms with Crippen LogP contribution >= 0.6 is 15.9 Å². The third-order valence-electron chi connectivity index (χ3n) is 2.91. The molecule has 0 spiro atoms. The molecule has 0 bridgehead atoms. The van der Waals surface area contributed by atoms with Crippen LogP contribution in [-0.2, 0) is 0 Å². The van der Waals surface area contributed by atoms with Gasteiger partial charge in [0.2, 0.25) is 0 Å². The normalized spacial score (nSPS) is 16.5. The Morgan fingerprint density at radius 3 is 2.71 bits per heavy atom. The van der Waals surface area contributed by atoms with Crippen LogP contribution in [0.1, 0.15) is 32.1 Å². The molecule has 92 valence electrons. The minimum Gasteiger partial charge on any atom is -0.335 e. The molecule has 1 aromatic heterocycles. The molecule has 4 nitrogen and oxygen atoms in total. The fourth-order valence-corrected chi connectivity index (χ4v) is 2.27. The Hall–Kier alpha value is -1.10. The summed E-state index contributed by atoms with van der Waals surface area (Å²) in [4.78, 5) is 15.8. The van der Waals surface area contributed by atoms with Crippen LogP contribution in [0.2, 0.25) is 0 Å². The predicted octanol–water partition coefficient (Wildman–Crippen LogP) is 3.30. The third-order valence-corrected chi connectivity index (χ3v) is 3.38. The maximum absolute atomic E-state index is 11.7. The Kier molecular flexibility index (Phi) is 4.36. The molecule has 0 aromatic carbocycles. The quantitative estimate of drug-likeness (QED) is 0.880. The molecule has 1 aliphatic carbocycles. The van der Waals surface area contributed by atoms with Crippen molar-refractivity contribution in [2.24, 2.45) is 0 Å². The number of hydrogen-bond acceptors (Lipinski definition) is 2. The molecule has 1 aliphatic rings. The lowest BCUT2D eigenvalue weighted by Gasteiger charge is -2.22. The standard InChI is InChI=1S/C12H16BrN3O/c13-9-6-7-11(14-8-9)16-12(17)15-10-4-2-1-3-5-10/h6-8,10H,1-5H2,(H2,14,15,16,17). The Morgan fingerprint density at radius 1 is 1.29 bits per heavy atom. The number of hydrogen-bond donors (Lipinski definition) is 2. The van der Waals surface area contributed by atoms with Crippen LogP contribution in [0.25, 0.3) is 0 Å². The van der Waals surface area contributed by atoms with E-state index in [0.29, 0.717) is 11.9 Å². The van der Waals surface area contributed by atoms with Crippen LogP contribution in [0.5, 0.6) is 0 Å². The summed E-state index contributed by atoms with van der Waals surface area (Å²) in [5, 5.41) is 5.71. The molecule has 1 saturated carbocycles. The molecule has 1 fully saturated rings. The third kappa shape index (κ3) is 4.00. The van der Waals surface area contributed by atoms with Crippen molar-refractivity contribution in [3.63, 3.8) is 0 Å². The molecule has 2 N–H and O–H groups in total. The number of halogens is 1. The Bertz CT molecular complexity index is 374. The molecule has 0 aliphatic heterocycles. The number of urea groups is 1. The van der Waals surface area contributed by atoms with Crippen LogP contribution in [-0.4, -0.2) is 17.1 Å². The highest BCUT2D eigenvalue weighted by Crippen LogP contribution is 2.17. The first-order chi connectivity index (χ1) is 8.24. The van der Waals surface area contributed by atoms with Crippen LogP contribution in [0.15, 0.2) is 22.8 Å². The average molecular weight is 298 g/mol. The van der Waals surface area contributed by atoms with Crippen LogP contribution in [0.3, 0.4) is 0 Å². The van der Waals surface area contributed by atoms with Crippen molar-refractivity contribution in [2.75, 3.05) is 5.32 Å². The van der Waals surface area contributed by atoms with E-state index < -0.39 is 0 Å². The molecule has 1 heterocycles. The summed E-state index contributed by atoms with van der Waals surface area (Å²) in [7, 11) is 0. The van der Waals surface area contributed by atoms with Gasteiger partial charge < -0.3 is 5.32 Å². The highest BCUT2D eigenvalue weighted by molar-refractivity contribution is 9.10. The smallest absolute Gasteiger partial charge is 0.320 e. The second kappa shape index (κ2) is 6.00. The Labute approximate surface area is 109 Å². The van der Waals surface area contributed by atoms with E-state index in [-0.39, 0.29) is 6.03 Å². The number of rotatable bonds is 2. The summed E-state index contributed by atoms with van der Waals surface area (Å²) < 4.78 is 0.899. The highest BCUT2D eigenvalue weighted by Gasteiger charge is 2.15. The van der Waals surface area contributed by atoms with Gasteiger partial charge in [0.05, 0.1) is 0 Å². The summed E-state index contributed by atoms with van der Waals surface area (Å²) in [6, 6.07) is 3.78. The number of aromatic nitrogens is 1. The van der Waals surface area contributed by atoms with Gasteiger partial charge in [-0.1, -0.05) is 19.3 Å². The van der Waals surface area contributed by atoms with Gasteiger partial charge in [0.25, 0.3) is 0 Å². The van der Waals surface area contributed by atoms with Gasteiger partial charge in [0.15, 0.2) is 0 Å². The van der Waals surface area contributed by atoms with Crippen molar-refractivity contribution in [3.05, 3.63) is 22.8 Å². The molecular formula is C12H16BrN3O. The number of carbonyl (C=O) groups excluding carboxylic acids is 1. The summed E-state index contributed by atoms with van der Waals surface area (Å²) in [5.74, 6) is 0.571. The van der Waals surface area contributed by atoms with E-state index in [0.717, 1.165) is 17.3 Å². The van der Waals surface area contributed by atoms with E-state index in [9.17, 15) is 4.79 Å². The number of amides is 2. The van der Waals surface area contributed by atoms with Gasteiger partial charge in [-0.3, -0.25) is 5.32 Å². The first-order valence-corrected chi connectivity index (χ1v) is 6.72. The zero-order valence-electron chi connectivity index (χ0n) is 9.58. The molecule has 1 aromatic rings. The summed E-state index contributed by atoms with van der Waals surface area (Å²) in [5.41, 5.74) is 0. The molecule has 0 radical (unpaired) electrons. The lowest BCUT2D eigenvalue weighted by Crippen LogP contribution is -2.39. The number of pyridine rings is 1. The highest BCUT2D eigenvalue weighted by atomic mass is 79.9. The minimum atomic E-state index is -0.160. The number of nitrogens with zero attached hydrogens (tertiary/aromatic N) is 1. The van der Waals surface area contributed by atoms with E-state index in [4.69, 9.17) is 0 Å². The van der Waals surface area contributed by atoms with Gasteiger partial charge in [0, 0.05) is 16.7 Å². The van der Waals surface area contributed by atoms with E-state index in [1.165, 1.54) is 19.3 Å². The maximum atomic E-state index is 11.7. The van der Waals surface area contributed by atoms with Gasteiger partial charge in [-0.2, -0.15) is 0 Å². The fraction of sp³-hybridized carbons (Fsp3) is 0.500. The lowest BCUT2D eigenvalue weighted by molar-refractivity contribution is 0.244. The minimum absolute atomic E-state index is 0.160. The maximum Gasteiger partial charge on any atom is 0.320 e. The fourth-order valence-electron chi connectivity index (χ4n) is 2.03. The predicted molar refractivity (Wildman–Crippen MR) is 71.0 cm³/mol. The van der Waals surface area contributed by atoms with Gasteiger partial charge in [-0.15, -0.1) is 0 Å². The molecule has 0 atom stereocenters. The molecule has 2 amide bonds. The van der Waals surface area contributed by atoms with Crippen molar-refractivity contribution in [1.29, 1.82) is 0 Å². The van der Waals surface area contributed by atoms with E-state index in [2.05, 4.69) is 31.5 Å². The van der Waals surface area contributed by atoms with Gasteiger partial charge in [-0.05, 0) is 40.9 Å². The Morgan fingerprint density at radius 2 is 2.06 bits per heavy atom. The summed E-state index contributed by atoms with van der Waals surface area (Å²) in [6.45, 7) is 0. The van der Waals surface area contributed by atoms with Crippen molar-refractivity contribution < 1.29 is 4.79 Å². The van der Waals surface area contributed by atoms with Gasteiger partial charge in [-0.25, -0.2) is 9.78 Å². The van der Waals surface area contributed by atoms with Crippen LogP contribution in [0, 0.1) is 0 Å². The second-order valence-corrected chi connectivity index (χ2v) is 5.21. The van der Waals surface area contributed by atoms with Crippen LogP contribution < -0.4 is 10.6 Å².